The van der Waals surface area contributed by atoms with E-state index in [1.807, 2.05) is 19.1 Å². The molecule has 3 heteroatoms. The minimum absolute atomic E-state index is 0. The summed E-state index contributed by atoms with van der Waals surface area (Å²) in [6, 6.07) is 0. The number of hydrogen-bond acceptors (Lipinski definition) is 0. The Morgan fingerprint density at radius 3 is 1.80 bits per heavy atom. The van der Waals surface area contributed by atoms with Crippen molar-refractivity contribution >= 4 is 11.6 Å². The van der Waals surface area contributed by atoms with E-state index in [2.05, 4.69) is 21.1 Å². The molecule has 1 unspecified atom stereocenters. The monoisotopic (exact) mass is 183 g/mol. The number of rotatable bonds is 2. The van der Waals surface area contributed by atoms with Crippen molar-refractivity contribution in [1.29, 1.82) is 0 Å². The summed E-state index contributed by atoms with van der Waals surface area (Å²) >= 11 is 5.94. The van der Waals surface area contributed by atoms with E-state index in [-0.39, 0.29) is 17.9 Å². The molecule has 0 aromatic rings. The van der Waals surface area contributed by atoms with Crippen LogP contribution < -0.4 is 12.4 Å². The highest BCUT2D eigenvalue weighted by Gasteiger charge is 2.15. The molecule has 0 aromatic carbocycles. The molecule has 62 valence electrons. The highest BCUT2D eigenvalue weighted by Crippen LogP contribution is 2.08. The van der Waals surface area contributed by atoms with Crippen molar-refractivity contribution in [3.63, 3.8) is 0 Å². The van der Waals surface area contributed by atoms with Crippen LogP contribution in [0.2, 0.25) is 0 Å². The number of likely N-dealkylation sites (N-methyl/N-ethyl adjacent to an activating group) is 1. The Morgan fingerprint density at radius 1 is 1.30 bits per heavy atom. The molecular weight excluding hydrogens is 169 g/mol. The van der Waals surface area contributed by atoms with Crippen LogP contribution in [0, 0.1) is 0 Å². The zero-order valence-corrected chi connectivity index (χ0v) is 8.45. The molecule has 0 bridgehead atoms. The molecule has 0 aliphatic carbocycles. The second-order valence-corrected chi connectivity index (χ2v) is 3.46. The zero-order chi connectivity index (χ0) is 7.49. The van der Waals surface area contributed by atoms with Gasteiger partial charge in [0.2, 0.25) is 0 Å². The number of halogens is 2. The lowest BCUT2D eigenvalue weighted by molar-refractivity contribution is -0.876. The number of allylic oxidation sites excluding steroid dienone is 1. The van der Waals surface area contributed by atoms with Crippen molar-refractivity contribution in [3.8, 4) is 0 Å². The molecule has 0 aliphatic rings. The second-order valence-electron chi connectivity index (χ2n) is 3.01. The van der Waals surface area contributed by atoms with Crippen LogP contribution in [-0.2, 0) is 0 Å². The zero-order valence-electron chi connectivity index (χ0n) is 6.94. The van der Waals surface area contributed by atoms with Crippen LogP contribution >= 0.6 is 11.6 Å². The van der Waals surface area contributed by atoms with Crippen LogP contribution in [0.3, 0.4) is 0 Å². The minimum atomic E-state index is 0. The van der Waals surface area contributed by atoms with Gasteiger partial charge in [-0.15, -0.1) is 0 Å². The SMILES string of the molecule is C/C=C/C(Cl)[N+](C)(C)C.[Cl-]. The van der Waals surface area contributed by atoms with Gasteiger partial charge in [0, 0.05) is 0 Å². The molecule has 0 aliphatic heterocycles. The van der Waals surface area contributed by atoms with Gasteiger partial charge in [-0.05, 0) is 13.0 Å². The molecule has 0 fully saturated rings. The van der Waals surface area contributed by atoms with Crippen LogP contribution in [0.1, 0.15) is 6.92 Å². The Morgan fingerprint density at radius 2 is 1.70 bits per heavy atom. The van der Waals surface area contributed by atoms with E-state index in [0.717, 1.165) is 4.48 Å². The summed E-state index contributed by atoms with van der Waals surface area (Å²) in [5.41, 5.74) is 0.0926. The molecule has 1 nitrogen and oxygen atoms in total. The summed E-state index contributed by atoms with van der Waals surface area (Å²) in [5.74, 6) is 0. The van der Waals surface area contributed by atoms with Crippen LogP contribution in [0.25, 0.3) is 0 Å². The highest BCUT2D eigenvalue weighted by atomic mass is 35.5. The number of hydrogen-bond donors (Lipinski definition) is 0. The molecule has 0 N–H and O–H groups in total. The van der Waals surface area contributed by atoms with E-state index in [9.17, 15) is 0 Å². The molecule has 0 amide bonds. The average Bonchev–Trinajstić information content (AvgIpc) is 1.64. The maximum Gasteiger partial charge on any atom is 0.183 e. The fourth-order valence-electron chi connectivity index (χ4n) is 0.417. The van der Waals surface area contributed by atoms with Crippen molar-refractivity contribution in [2.45, 2.75) is 12.4 Å². The maximum atomic E-state index is 5.94. The van der Waals surface area contributed by atoms with Gasteiger partial charge in [0.25, 0.3) is 0 Å². The lowest BCUT2D eigenvalue weighted by Gasteiger charge is -2.27. The minimum Gasteiger partial charge on any atom is -1.00 e. The lowest BCUT2D eigenvalue weighted by Crippen LogP contribution is -3.00. The van der Waals surface area contributed by atoms with E-state index in [0.29, 0.717) is 0 Å². The maximum absolute atomic E-state index is 5.94. The van der Waals surface area contributed by atoms with E-state index in [4.69, 9.17) is 11.6 Å². The molecule has 0 rings (SSSR count). The fourth-order valence-corrected chi connectivity index (χ4v) is 0.562. The van der Waals surface area contributed by atoms with Crippen LogP contribution in [-0.4, -0.2) is 31.1 Å². The van der Waals surface area contributed by atoms with Gasteiger partial charge < -0.3 is 16.9 Å². The molecule has 1 atom stereocenters. The summed E-state index contributed by atoms with van der Waals surface area (Å²) in [6.07, 6.45) is 3.96. The van der Waals surface area contributed by atoms with Gasteiger partial charge in [0.15, 0.2) is 5.50 Å². The first-order valence-corrected chi connectivity index (χ1v) is 3.50. The smallest absolute Gasteiger partial charge is 0.183 e. The first-order valence-electron chi connectivity index (χ1n) is 3.06. The normalized spacial score (nSPS) is 14.9. The van der Waals surface area contributed by atoms with Crippen LogP contribution in [0.15, 0.2) is 12.2 Å². The third-order valence-corrected chi connectivity index (χ3v) is 1.82. The molecule has 0 saturated heterocycles. The van der Waals surface area contributed by atoms with Gasteiger partial charge in [-0.25, -0.2) is 0 Å². The Labute approximate surface area is 74.7 Å². The van der Waals surface area contributed by atoms with Crippen molar-refractivity contribution in [2.75, 3.05) is 21.1 Å². The van der Waals surface area contributed by atoms with Crippen molar-refractivity contribution in [3.05, 3.63) is 12.2 Å². The fraction of sp³-hybridized carbons (Fsp3) is 0.714. The van der Waals surface area contributed by atoms with Gasteiger partial charge in [-0.2, -0.15) is 0 Å². The first-order chi connectivity index (χ1) is 3.98. The molecule has 0 heterocycles. The predicted molar refractivity (Wildman–Crippen MR) is 42.5 cm³/mol. The Kier molecular flexibility index (Phi) is 6.46. The standard InChI is InChI=1S/C7H15ClN.ClH/c1-5-6-7(8)9(2,3)4;/h5-7H,1-4H3;1H/q+1;/p-1/b6-5+;. The summed E-state index contributed by atoms with van der Waals surface area (Å²) in [6.45, 7) is 1.98. The van der Waals surface area contributed by atoms with Gasteiger partial charge in [-0.1, -0.05) is 17.7 Å². The van der Waals surface area contributed by atoms with Crippen LogP contribution in [0.5, 0.6) is 0 Å². The average molecular weight is 184 g/mol. The van der Waals surface area contributed by atoms with Gasteiger partial charge >= 0.3 is 0 Å². The van der Waals surface area contributed by atoms with Gasteiger partial charge in [-0.3, -0.25) is 0 Å². The number of alkyl halides is 1. The number of nitrogens with zero attached hydrogens (tertiary/aromatic N) is 1. The largest absolute Gasteiger partial charge is 1.00 e. The Bertz CT molecular complexity index is 105. The predicted octanol–water partition coefficient (Wildman–Crippen LogP) is -1.16. The molecule has 0 radical (unpaired) electrons. The Hall–Kier alpha value is 0.280. The van der Waals surface area contributed by atoms with Crippen molar-refractivity contribution in [1.82, 2.24) is 0 Å². The van der Waals surface area contributed by atoms with Gasteiger partial charge in [0.1, 0.15) is 0 Å². The summed E-state index contributed by atoms with van der Waals surface area (Å²) in [4.78, 5) is 0. The topological polar surface area (TPSA) is 0 Å². The third kappa shape index (κ3) is 5.10. The molecule has 0 spiro atoms. The lowest BCUT2D eigenvalue weighted by atomic mass is 10.4. The molecular formula is C7H15Cl2N. The van der Waals surface area contributed by atoms with E-state index < -0.39 is 0 Å². The van der Waals surface area contributed by atoms with Crippen molar-refractivity contribution in [2.24, 2.45) is 0 Å². The Balaban J connectivity index is 0. The quantitative estimate of drug-likeness (QED) is 0.220. The highest BCUT2D eigenvalue weighted by molar-refractivity contribution is 6.20. The molecule has 10 heavy (non-hydrogen) atoms. The molecule has 0 aromatic heterocycles. The summed E-state index contributed by atoms with van der Waals surface area (Å²) in [7, 11) is 6.20. The summed E-state index contributed by atoms with van der Waals surface area (Å²) < 4.78 is 0.770. The van der Waals surface area contributed by atoms with E-state index in [1.54, 1.807) is 0 Å². The van der Waals surface area contributed by atoms with Gasteiger partial charge in [0.05, 0.1) is 21.1 Å². The summed E-state index contributed by atoms with van der Waals surface area (Å²) in [5, 5.41) is 0. The van der Waals surface area contributed by atoms with E-state index in [1.165, 1.54) is 0 Å². The second kappa shape index (κ2) is 5.00. The first kappa shape index (κ1) is 12.9. The molecule has 0 saturated carbocycles. The third-order valence-electron chi connectivity index (χ3n) is 1.09. The van der Waals surface area contributed by atoms with E-state index >= 15 is 0 Å². The van der Waals surface area contributed by atoms with Crippen LogP contribution in [0.4, 0.5) is 0 Å². The number of quaternary nitrogens is 1. The van der Waals surface area contributed by atoms with Crippen molar-refractivity contribution < 1.29 is 16.9 Å².